The first-order chi connectivity index (χ1) is 15.0. The van der Waals surface area contributed by atoms with E-state index in [0.29, 0.717) is 17.9 Å². The smallest absolute Gasteiger partial charge is 0.251 e. The summed E-state index contributed by atoms with van der Waals surface area (Å²) in [5.74, 6) is 2.28. The number of nitrogens with one attached hydrogen (secondary N) is 2. The van der Waals surface area contributed by atoms with Crippen molar-refractivity contribution in [2.45, 2.75) is 65.0 Å². The molecular weight excluding hydrogens is 394 g/mol. The number of methoxy groups -OCH3 is 1. The Morgan fingerprint density at radius 1 is 1.13 bits per heavy atom. The lowest BCUT2D eigenvalue weighted by Crippen LogP contribution is -2.49. The zero-order valence-electron chi connectivity index (χ0n) is 18.7. The molecule has 1 unspecified atom stereocenters. The number of benzene rings is 1. The van der Waals surface area contributed by atoms with E-state index in [0.717, 1.165) is 37.5 Å². The Morgan fingerprint density at radius 2 is 1.90 bits per heavy atom. The second kappa shape index (κ2) is 10.9. The fourth-order valence-electron chi connectivity index (χ4n) is 3.80. The third-order valence-electron chi connectivity index (χ3n) is 5.65. The molecule has 0 fully saturated rings. The van der Waals surface area contributed by atoms with E-state index in [4.69, 9.17) is 4.74 Å². The topological polar surface area (TPSA) is 98.1 Å². The molecule has 1 aromatic carbocycles. The van der Waals surface area contributed by atoms with Crippen LogP contribution in [0.15, 0.2) is 24.3 Å². The molecule has 8 heteroatoms. The maximum atomic E-state index is 12.7. The van der Waals surface area contributed by atoms with Gasteiger partial charge >= 0.3 is 0 Å². The van der Waals surface area contributed by atoms with Gasteiger partial charge in [-0.3, -0.25) is 9.59 Å². The van der Waals surface area contributed by atoms with Gasteiger partial charge in [-0.1, -0.05) is 20.3 Å². The van der Waals surface area contributed by atoms with Crippen molar-refractivity contribution in [2.75, 3.05) is 13.7 Å². The van der Waals surface area contributed by atoms with Gasteiger partial charge < -0.3 is 19.9 Å². The molecular formula is C23H33N5O3. The Hall–Kier alpha value is -2.90. The Balaban J connectivity index is 1.49. The molecule has 0 saturated carbocycles. The van der Waals surface area contributed by atoms with Gasteiger partial charge in [-0.2, -0.15) is 0 Å². The predicted molar refractivity (Wildman–Crippen MR) is 118 cm³/mol. The molecule has 0 saturated heterocycles. The van der Waals surface area contributed by atoms with Gasteiger partial charge in [-0.05, 0) is 49.4 Å². The molecule has 2 N–H and O–H groups in total. The van der Waals surface area contributed by atoms with Crippen molar-refractivity contribution < 1.29 is 14.3 Å². The van der Waals surface area contributed by atoms with Crippen molar-refractivity contribution >= 4 is 11.8 Å². The van der Waals surface area contributed by atoms with Crippen molar-refractivity contribution in [1.29, 1.82) is 0 Å². The standard InChI is InChI=1S/C23H33N5O3/c1-16(2)21(25-22(29)17-10-12-18(31-3)13-11-17)23(30)24-14-7-9-20-27-26-19-8-5-4-6-15-28(19)20/h10-13,16,21H,4-9,14-15H2,1-3H3,(H,24,30)(H,25,29). The Morgan fingerprint density at radius 3 is 2.61 bits per heavy atom. The van der Waals surface area contributed by atoms with E-state index >= 15 is 0 Å². The zero-order chi connectivity index (χ0) is 22.2. The first kappa shape index (κ1) is 22.8. The molecule has 2 amide bonds. The van der Waals surface area contributed by atoms with Gasteiger partial charge in [0, 0.05) is 31.5 Å². The number of nitrogens with zero attached hydrogens (tertiary/aromatic N) is 3. The van der Waals surface area contributed by atoms with Crippen molar-refractivity contribution in [3.63, 3.8) is 0 Å². The molecule has 0 spiro atoms. The Kier molecular flexibility index (Phi) is 8.03. The molecule has 2 heterocycles. The Bertz CT molecular complexity index is 876. The summed E-state index contributed by atoms with van der Waals surface area (Å²) in [5.41, 5.74) is 0.492. The summed E-state index contributed by atoms with van der Waals surface area (Å²) in [6.45, 7) is 5.35. The van der Waals surface area contributed by atoms with Crippen LogP contribution in [0.5, 0.6) is 5.75 Å². The number of hydrogen-bond donors (Lipinski definition) is 2. The van der Waals surface area contributed by atoms with Crippen molar-refractivity contribution in [2.24, 2.45) is 5.92 Å². The number of amides is 2. The molecule has 8 nitrogen and oxygen atoms in total. The van der Waals surface area contributed by atoms with Gasteiger partial charge in [0.2, 0.25) is 5.91 Å². The number of carbonyl (C=O) groups excluding carboxylic acids is 2. The highest BCUT2D eigenvalue weighted by atomic mass is 16.5. The molecule has 3 rings (SSSR count). The second-order valence-electron chi connectivity index (χ2n) is 8.31. The Labute approximate surface area is 183 Å². The normalized spacial score (nSPS) is 14.5. The average molecular weight is 428 g/mol. The summed E-state index contributed by atoms with van der Waals surface area (Å²) in [6.07, 6.45) is 6.12. The summed E-state index contributed by atoms with van der Waals surface area (Å²) in [6, 6.07) is 6.23. The van der Waals surface area contributed by atoms with Gasteiger partial charge in [0.1, 0.15) is 23.4 Å². The summed E-state index contributed by atoms with van der Waals surface area (Å²) >= 11 is 0. The van der Waals surface area contributed by atoms with Crippen LogP contribution in [-0.2, 0) is 24.2 Å². The van der Waals surface area contributed by atoms with Crippen LogP contribution in [0.3, 0.4) is 0 Å². The predicted octanol–water partition coefficient (Wildman–Crippen LogP) is 2.52. The first-order valence-electron chi connectivity index (χ1n) is 11.1. The van der Waals surface area contributed by atoms with Gasteiger partial charge in [-0.25, -0.2) is 0 Å². The van der Waals surface area contributed by atoms with E-state index < -0.39 is 6.04 Å². The SMILES string of the molecule is COc1ccc(C(=O)NC(C(=O)NCCCc2nnc3n2CCCCC3)C(C)C)cc1. The molecule has 2 aromatic rings. The lowest BCUT2D eigenvalue weighted by molar-refractivity contribution is -0.123. The summed E-state index contributed by atoms with van der Waals surface area (Å²) in [4.78, 5) is 25.3. The van der Waals surface area contributed by atoms with Crippen LogP contribution in [0.2, 0.25) is 0 Å². The van der Waals surface area contributed by atoms with Crippen LogP contribution in [0.1, 0.15) is 61.5 Å². The maximum Gasteiger partial charge on any atom is 0.251 e. The zero-order valence-corrected chi connectivity index (χ0v) is 18.7. The van der Waals surface area contributed by atoms with E-state index in [-0.39, 0.29) is 17.7 Å². The maximum absolute atomic E-state index is 12.7. The van der Waals surface area contributed by atoms with Crippen molar-refractivity contribution in [1.82, 2.24) is 25.4 Å². The number of fused-ring (bicyclic) bond motifs is 1. The molecule has 0 bridgehead atoms. The molecule has 0 aliphatic carbocycles. The van der Waals surface area contributed by atoms with Crippen molar-refractivity contribution in [3.05, 3.63) is 41.5 Å². The average Bonchev–Trinajstić information content (AvgIpc) is 3.00. The lowest BCUT2D eigenvalue weighted by atomic mass is 10.0. The molecule has 1 aliphatic rings. The largest absolute Gasteiger partial charge is 0.497 e. The number of aromatic nitrogens is 3. The van der Waals surface area contributed by atoms with Gasteiger partial charge in [0.15, 0.2) is 0 Å². The summed E-state index contributed by atoms with van der Waals surface area (Å²) in [5, 5.41) is 14.5. The lowest BCUT2D eigenvalue weighted by Gasteiger charge is -2.22. The summed E-state index contributed by atoms with van der Waals surface area (Å²) < 4.78 is 7.36. The van der Waals surface area contributed by atoms with E-state index in [1.807, 2.05) is 13.8 Å². The number of ether oxygens (including phenoxy) is 1. The monoisotopic (exact) mass is 427 g/mol. The van der Waals surface area contributed by atoms with Crippen molar-refractivity contribution in [3.8, 4) is 5.75 Å². The number of aryl methyl sites for hydroxylation is 2. The number of rotatable bonds is 9. The van der Waals surface area contributed by atoms with E-state index in [9.17, 15) is 9.59 Å². The minimum Gasteiger partial charge on any atom is -0.497 e. The highest BCUT2D eigenvalue weighted by molar-refractivity contribution is 5.97. The molecule has 0 radical (unpaired) electrons. The molecule has 1 aliphatic heterocycles. The number of hydrogen-bond acceptors (Lipinski definition) is 5. The van der Waals surface area contributed by atoms with Crippen LogP contribution >= 0.6 is 0 Å². The van der Waals surface area contributed by atoms with E-state index in [2.05, 4.69) is 25.4 Å². The molecule has 1 atom stereocenters. The van der Waals surface area contributed by atoms with Crippen LogP contribution in [0.25, 0.3) is 0 Å². The number of carbonyl (C=O) groups is 2. The first-order valence-corrected chi connectivity index (χ1v) is 11.1. The fourth-order valence-corrected chi connectivity index (χ4v) is 3.80. The van der Waals surface area contributed by atoms with E-state index in [1.165, 1.54) is 19.3 Å². The minimum absolute atomic E-state index is 0.0329. The van der Waals surface area contributed by atoms with Gasteiger partial charge in [-0.15, -0.1) is 10.2 Å². The summed E-state index contributed by atoms with van der Waals surface area (Å²) in [7, 11) is 1.58. The highest BCUT2D eigenvalue weighted by Crippen LogP contribution is 2.15. The minimum atomic E-state index is -0.598. The third-order valence-corrected chi connectivity index (χ3v) is 5.65. The molecule has 1 aromatic heterocycles. The fraction of sp³-hybridized carbons (Fsp3) is 0.565. The highest BCUT2D eigenvalue weighted by Gasteiger charge is 2.24. The van der Waals surface area contributed by atoms with Crippen LogP contribution in [0, 0.1) is 5.92 Å². The quantitative estimate of drug-likeness (QED) is 0.599. The van der Waals surface area contributed by atoms with Gasteiger partial charge in [0.25, 0.3) is 5.91 Å². The molecule has 168 valence electrons. The van der Waals surface area contributed by atoms with Crippen LogP contribution in [-0.4, -0.2) is 46.3 Å². The second-order valence-corrected chi connectivity index (χ2v) is 8.31. The van der Waals surface area contributed by atoms with Crippen LogP contribution in [0.4, 0.5) is 0 Å². The third kappa shape index (κ3) is 6.06. The van der Waals surface area contributed by atoms with Crippen LogP contribution < -0.4 is 15.4 Å². The van der Waals surface area contributed by atoms with Gasteiger partial charge in [0.05, 0.1) is 7.11 Å². The van der Waals surface area contributed by atoms with E-state index in [1.54, 1.807) is 31.4 Å². The molecule has 31 heavy (non-hydrogen) atoms.